The highest BCUT2D eigenvalue weighted by Gasteiger charge is 2.10. The Morgan fingerprint density at radius 3 is 2.50 bits per heavy atom. The molecule has 0 aliphatic carbocycles. The fourth-order valence-corrected chi connectivity index (χ4v) is 0.275. The number of aliphatic imine (C=N–C) groups is 1. The highest BCUT2D eigenvalue weighted by molar-refractivity contribution is 5.77. The highest BCUT2D eigenvalue weighted by Crippen LogP contribution is 1.81. The van der Waals surface area contributed by atoms with Gasteiger partial charge in [0.15, 0.2) is 5.96 Å². The van der Waals surface area contributed by atoms with Crippen molar-refractivity contribution in [3.8, 4) is 0 Å². The topological polar surface area (TPSA) is 125 Å². The fourth-order valence-electron chi connectivity index (χ4n) is 0.275. The van der Waals surface area contributed by atoms with Crippen LogP contribution in [0.4, 0.5) is 0 Å². The van der Waals surface area contributed by atoms with E-state index in [9.17, 15) is 4.79 Å². The number of carbonyl (C=O) groups is 1. The van der Waals surface area contributed by atoms with Gasteiger partial charge in [0.2, 0.25) is 0 Å². The van der Waals surface area contributed by atoms with Crippen molar-refractivity contribution in [1.29, 1.82) is 0 Å². The van der Waals surface area contributed by atoms with Gasteiger partial charge in [0.1, 0.15) is 6.04 Å². The molecule has 6 heteroatoms. The molecule has 0 amide bonds. The summed E-state index contributed by atoms with van der Waals surface area (Å²) in [5.41, 5.74) is 16.6. The Kier molecular flexibility index (Phi) is 3.20. The largest absolute Gasteiger partial charge is 0.480 e. The number of guanidine groups is 1. The van der Waals surface area contributed by atoms with Gasteiger partial charge < -0.3 is 16.6 Å². The van der Waals surface area contributed by atoms with Gasteiger partial charge in [-0.3, -0.25) is 9.79 Å². The molecule has 0 spiro atoms. The lowest BCUT2D eigenvalue weighted by Gasteiger charge is -1.99. The lowest BCUT2D eigenvalue weighted by Crippen LogP contribution is -2.29. The van der Waals surface area contributed by atoms with Crippen molar-refractivity contribution in [3.05, 3.63) is 0 Å². The summed E-state index contributed by atoms with van der Waals surface area (Å²) in [6.07, 6.45) is 0. The normalized spacial score (nSPS) is 12.1. The standard InChI is InChI=1S/C4H9N4O2/c5-2(3(9)10)1-8-4(6)7/h2,5H,1H2,(H,9,10)(H4,6,7,8). The molecular formula is C4H9N4O2. The van der Waals surface area contributed by atoms with E-state index >= 15 is 0 Å². The van der Waals surface area contributed by atoms with Crippen LogP contribution in [0.15, 0.2) is 4.99 Å². The molecule has 0 heterocycles. The smallest absolute Gasteiger partial charge is 0.323 e. The first-order valence-electron chi connectivity index (χ1n) is 2.53. The molecule has 0 bridgehead atoms. The molecule has 0 saturated carbocycles. The average molecular weight is 145 g/mol. The second-order valence-corrected chi connectivity index (χ2v) is 1.66. The number of aliphatic carboxylic acids is 1. The first-order valence-corrected chi connectivity index (χ1v) is 2.53. The summed E-state index contributed by atoms with van der Waals surface area (Å²) in [6.45, 7) is -0.197. The summed E-state index contributed by atoms with van der Waals surface area (Å²) in [4.78, 5) is 13.3. The molecule has 10 heavy (non-hydrogen) atoms. The van der Waals surface area contributed by atoms with Crippen molar-refractivity contribution in [2.75, 3.05) is 6.54 Å². The van der Waals surface area contributed by atoms with Gasteiger partial charge in [-0.25, -0.2) is 5.73 Å². The van der Waals surface area contributed by atoms with Crippen LogP contribution in [0, 0.1) is 0 Å². The lowest BCUT2D eigenvalue weighted by molar-refractivity contribution is -0.138. The summed E-state index contributed by atoms with van der Waals surface area (Å²) in [5, 5.41) is 8.16. The monoisotopic (exact) mass is 145 g/mol. The van der Waals surface area contributed by atoms with Crippen LogP contribution in [0.2, 0.25) is 0 Å². The van der Waals surface area contributed by atoms with Gasteiger partial charge in [-0.05, 0) is 0 Å². The number of hydrogen-bond acceptors (Lipinski definition) is 2. The molecule has 6 nitrogen and oxygen atoms in total. The maximum atomic E-state index is 9.97. The molecular weight excluding hydrogens is 136 g/mol. The number of carboxylic acids is 1. The first-order chi connectivity index (χ1) is 4.54. The van der Waals surface area contributed by atoms with Crippen LogP contribution in [0.25, 0.3) is 0 Å². The van der Waals surface area contributed by atoms with E-state index < -0.39 is 12.0 Å². The minimum absolute atomic E-state index is 0.196. The molecule has 0 aromatic heterocycles. The molecule has 0 rings (SSSR count). The summed E-state index contributed by atoms with van der Waals surface area (Å²) in [5.74, 6) is -1.43. The predicted octanol–water partition coefficient (Wildman–Crippen LogP) is -2.00. The molecule has 0 aromatic rings. The van der Waals surface area contributed by atoms with Crippen LogP contribution in [-0.2, 0) is 4.79 Å². The maximum Gasteiger partial charge on any atom is 0.323 e. The average Bonchev–Trinajstić information content (AvgIpc) is 1.82. The third-order valence-corrected chi connectivity index (χ3v) is 0.755. The third kappa shape index (κ3) is 3.67. The first kappa shape index (κ1) is 8.70. The molecule has 1 unspecified atom stereocenters. The predicted molar refractivity (Wildman–Crippen MR) is 35.2 cm³/mol. The molecule has 1 radical (unpaired) electrons. The Hall–Kier alpha value is -1.30. The Balaban J connectivity index is 3.70. The Bertz CT molecular complexity index is 151. The van der Waals surface area contributed by atoms with Gasteiger partial charge in [-0.15, -0.1) is 0 Å². The number of rotatable bonds is 3. The van der Waals surface area contributed by atoms with E-state index in [1.165, 1.54) is 0 Å². The maximum absolute atomic E-state index is 9.97. The van der Waals surface area contributed by atoms with Gasteiger partial charge in [0.25, 0.3) is 0 Å². The number of hydrogen-bond donors (Lipinski definition) is 3. The Morgan fingerprint density at radius 1 is 1.70 bits per heavy atom. The van der Waals surface area contributed by atoms with Crippen molar-refractivity contribution < 1.29 is 9.90 Å². The van der Waals surface area contributed by atoms with E-state index in [1.807, 2.05) is 0 Å². The fraction of sp³-hybridized carbons (Fsp3) is 0.500. The van der Waals surface area contributed by atoms with Crippen LogP contribution in [0.3, 0.4) is 0 Å². The minimum Gasteiger partial charge on any atom is -0.480 e. The van der Waals surface area contributed by atoms with Crippen LogP contribution < -0.4 is 17.2 Å². The van der Waals surface area contributed by atoms with Crippen molar-refractivity contribution >= 4 is 11.9 Å². The summed E-state index contributed by atoms with van der Waals surface area (Å²) < 4.78 is 0. The van der Waals surface area contributed by atoms with Crippen LogP contribution in [0.1, 0.15) is 0 Å². The zero-order valence-electron chi connectivity index (χ0n) is 5.24. The van der Waals surface area contributed by atoms with Crippen molar-refractivity contribution in [1.82, 2.24) is 5.73 Å². The van der Waals surface area contributed by atoms with E-state index in [2.05, 4.69) is 4.99 Å². The van der Waals surface area contributed by atoms with Crippen LogP contribution >= 0.6 is 0 Å². The molecule has 57 valence electrons. The molecule has 0 aromatic carbocycles. The van der Waals surface area contributed by atoms with Crippen LogP contribution in [-0.4, -0.2) is 29.6 Å². The van der Waals surface area contributed by atoms with Gasteiger partial charge in [0, 0.05) is 0 Å². The second-order valence-electron chi connectivity index (χ2n) is 1.66. The van der Waals surface area contributed by atoms with Crippen molar-refractivity contribution in [2.24, 2.45) is 16.5 Å². The van der Waals surface area contributed by atoms with Gasteiger partial charge in [0.05, 0.1) is 6.54 Å². The zero-order chi connectivity index (χ0) is 8.15. The molecule has 0 aliphatic heterocycles. The number of nitrogens with one attached hydrogen (secondary N) is 1. The van der Waals surface area contributed by atoms with Gasteiger partial charge >= 0.3 is 5.97 Å². The van der Waals surface area contributed by atoms with E-state index in [-0.39, 0.29) is 12.5 Å². The number of carboxylic acid groups (broad SMARTS) is 1. The van der Waals surface area contributed by atoms with Gasteiger partial charge in [-0.1, -0.05) is 0 Å². The third-order valence-electron chi connectivity index (χ3n) is 0.755. The lowest BCUT2D eigenvalue weighted by atomic mass is 10.3. The Morgan fingerprint density at radius 2 is 2.20 bits per heavy atom. The zero-order valence-corrected chi connectivity index (χ0v) is 5.24. The van der Waals surface area contributed by atoms with Crippen molar-refractivity contribution in [3.63, 3.8) is 0 Å². The molecule has 1 atom stereocenters. The molecule has 6 N–H and O–H groups in total. The van der Waals surface area contributed by atoms with E-state index in [4.69, 9.17) is 22.3 Å². The molecule has 0 fully saturated rings. The van der Waals surface area contributed by atoms with Crippen LogP contribution in [0.5, 0.6) is 0 Å². The minimum atomic E-state index is -1.28. The SMILES string of the molecule is [NH]C(CN=C(N)N)C(=O)O. The highest BCUT2D eigenvalue weighted by atomic mass is 16.4. The number of nitrogens with zero attached hydrogens (tertiary/aromatic N) is 1. The Labute approximate surface area is 57.7 Å². The summed E-state index contributed by atoms with van der Waals surface area (Å²) in [7, 11) is 0. The van der Waals surface area contributed by atoms with E-state index in [1.54, 1.807) is 0 Å². The van der Waals surface area contributed by atoms with E-state index in [0.29, 0.717) is 0 Å². The second kappa shape index (κ2) is 3.67. The summed E-state index contributed by atoms with van der Waals surface area (Å²) >= 11 is 0. The molecule has 0 aliphatic rings. The van der Waals surface area contributed by atoms with Gasteiger partial charge in [-0.2, -0.15) is 0 Å². The van der Waals surface area contributed by atoms with E-state index in [0.717, 1.165) is 0 Å². The quantitative estimate of drug-likeness (QED) is 0.313. The number of nitrogens with two attached hydrogens (primary N) is 2. The summed E-state index contributed by atoms with van der Waals surface area (Å²) in [6, 6.07) is -1.28. The molecule has 0 saturated heterocycles. The van der Waals surface area contributed by atoms with Crippen molar-refractivity contribution in [2.45, 2.75) is 6.04 Å².